The second-order valence-electron chi connectivity index (χ2n) is 7.68. The first-order valence-electron chi connectivity index (χ1n) is 9.64. The van der Waals surface area contributed by atoms with E-state index in [1.54, 1.807) is 0 Å². The summed E-state index contributed by atoms with van der Waals surface area (Å²) in [6.45, 7) is 16.1. The van der Waals surface area contributed by atoms with Crippen molar-refractivity contribution in [3.63, 3.8) is 0 Å². The summed E-state index contributed by atoms with van der Waals surface area (Å²) < 4.78 is 0. The van der Waals surface area contributed by atoms with E-state index in [0.717, 1.165) is 18.3 Å². The molecule has 130 valence electrons. The number of allylic oxidation sites excluding steroid dienone is 1. The van der Waals surface area contributed by atoms with Crippen LogP contribution in [0.2, 0.25) is 0 Å². The third-order valence-electron chi connectivity index (χ3n) is 5.19. The molecule has 2 nitrogen and oxygen atoms in total. The molecule has 0 aromatic carbocycles. The molecule has 0 radical (unpaired) electrons. The number of piperidine rings is 1. The zero-order chi connectivity index (χ0) is 16.4. The highest BCUT2D eigenvalue weighted by Crippen LogP contribution is 2.20. The molecule has 1 heterocycles. The molecule has 1 saturated heterocycles. The standard InChI is InChI=1S/C20H40N2/c1-6-19(4)21(5)17-20-12-15-22(16-13-20)14-10-8-7-9-11-18(2)3/h18,20H,4,6-17H2,1-3,5H3. The second kappa shape index (κ2) is 11.1. The van der Waals surface area contributed by atoms with Crippen LogP contribution in [0.15, 0.2) is 12.3 Å². The van der Waals surface area contributed by atoms with Crippen LogP contribution in [-0.2, 0) is 0 Å². The van der Waals surface area contributed by atoms with Crippen LogP contribution in [0.1, 0.15) is 72.1 Å². The van der Waals surface area contributed by atoms with Gasteiger partial charge in [-0.3, -0.25) is 0 Å². The molecule has 1 aliphatic heterocycles. The van der Waals surface area contributed by atoms with Gasteiger partial charge in [0.25, 0.3) is 0 Å². The van der Waals surface area contributed by atoms with Crippen LogP contribution in [0.25, 0.3) is 0 Å². The van der Waals surface area contributed by atoms with Crippen molar-refractivity contribution in [1.82, 2.24) is 9.80 Å². The van der Waals surface area contributed by atoms with Crippen molar-refractivity contribution in [2.45, 2.75) is 72.1 Å². The van der Waals surface area contributed by atoms with Crippen LogP contribution in [0.3, 0.4) is 0 Å². The van der Waals surface area contributed by atoms with E-state index < -0.39 is 0 Å². The van der Waals surface area contributed by atoms with Crippen LogP contribution in [0.5, 0.6) is 0 Å². The lowest BCUT2D eigenvalue weighted by Gasteiger charge is -2.34. The maximum Gasteiger partial charge on any atom is 0.0200 e. The molecule has 2 heteroatoms. The van der Waals surface area contributed by atoms with E-state index in [9.17, 15) is 0 Å². The monoisotopic (exact) mass is 308 g/mol. The zero-order valence-corrected chi connectivity index (χ0v) is 15.7. The summed E-state index contributed by atoms with van der Waals surface area (Å²) in [5.74, 6) is 1.75. The Bertz CT molecular complexity index is 290. The molecule has 0 aliphatic carbocycles. The van der Waals surface area contributed by atoms with Crippen molar-refractivity contribution in [2.75, 3.05) is 33.2 Å². The number of nitrogens with zero attached hydrogens (tertiary/aromatic N) is 2. The lowest BCUT2D eigenvalue weighted by Crippen LogP contribution is -2.38. The first-order chi connectivity index (χ1) is 10.5. The highest BCUT2D eigenvalue weighted by molar-refractivity contribution is 4.91. The van der Waals surface area contributed by atoms with Crippen molar-refractivity contribution in [2.24, 2.45) is 11.8 Å². The van der Waals surface area contributed by atoms with Gasteiger partial charge in [0.15, 0.2) is 0 Å². The van der Waals surface area contributed by atoms with E-state index in [4.69, 9.17) is 0 Å². The van der Waals surface area contributed by atoms with Gasteiger partial charge in [-0.1, -0.05) is 53.0 Å². The van der Waals surface area contributed by atoms with Crippen molar-refractivity contribution >= 4 is 0 Å². The fraction of sp³-hybridized carbons (Fsp3) is 0.900. The minimum Gasteiger partial charge on any atom is -0.378 e. The first-order valence-corrected chi connectivity index (χ1v) is 9.64. The molecule has 1 rings (SSSR count). The smallest absolute Gasteiger partial charge is 0.0200 e. The highest BCUT2D eigenvalue weighted by Gasteiger charge is 2.20. The fourth-order valence-corrected chi connectivity index (χ4v) is 3.42. The van der Waals surface area contributed by atoms with Gasteiger partial charge in [-0.15, -0.1) is 0 Å². The molecule has 0 saturated carbocycles. The number of hydrogen-bond acceptors (Lipinski definition) is 2. The fourth-order valence-electron chi connectivity index (χ4n) is 3.42. The first kappa shape index (κ1) is 19.5. The van der Waals surface area contributed by atoms with Gasteiger partial charge >= 0.3 is 0 Å². The minimum atomic E-state index is 0.871. The molecule has 0 aromatic heterocycles. The van der Waals surface area contributed by atoms with E-state index in [0.29, 0.717) is 0 Å². The largest absolute Gasteiger partial charge is 0.378 e. The van der Waals surface area contributed by atoms with Gasteiger partial charge < -0.3 is 9.80 Å². The summed E-state index contributed by atoms with van der Waals surface area (Å²) in [5, 5.41) is 0. The van der Waals surface area contributed by atoms with E-state index in [-0.39, 0.29) is 0 Å². The zero-order valence-electron chi connectivity index (χ0n) is 15.7. The van der Waals surface area contributed by atoms with Crippen LogP contribution in [0.4, 0.5) is 0 Å². The Kier molecular flexibility index (Phi) is 9.86. The van der Waals surface area contributed by atoms with Crippen molar-refractivity contribution in [1.29, 1.82) is 0 Å². The average molecular weight is 309 g/mol. The molecule has 0 amide bonds. The maximum atomic E-state index is 4.14. The summed E-state index contributed by atoms with van der Waals surface area (Å²) in [7, 11) is 2.20. The van der Waals surface area contributed by atoms with Gasteiger partial charge in [0, 0.05) is 19.3 Å². The molecule has 0 spiro atoms. The number of unbranched alkanes of at least 4 members (excludes halogenated alkanes) is 3. The number of likely N-dealkylation sites (tertiary alicyclic amines) is 1. The molecule has 1 fully saturated rings. The summed E-state index contributed by atoms with van der Waals surface area (Å²) in [4.78, 5) is 5.06. The molecule has 22 heavy (non-hydrogen) atoms. The molecular weight excluding hydrogens is 268 g/mol. The Labute approximate surface area is 139 Å². The van der Waals surface area contributed by atoms with Gasteiger partial charge in [-0.2, -0.15) is 0 Å². The van der Waals surface area contributed by atoms with Gasteiger partial charge in [-0.05, 0) is 57.2 Å². The number of rotatable bonds is 11. The van der Waals surface area contributed by atoms with E-state index in [1.165, 1.54) is 76.8 Å². The lowest BCUT2D eigenvalue weighted by atomic mass is 9.95. The normalized spacial score (nSPS) is 17.1. The third kappa shape index (κ3) is 8.22. The quantitative estimate of drug-likeness (QED) is 0.486. The molecule has 0 N–H and O–H groups in total. The average Bonchev–Trinajstić information content (AvgIpc) is 2.51. The van der Waals surface area contributed by atoms with Crippen LogP contribution < -0.4 is 0 Å². The maximum absolute atomic E-state index is 4.14. The Morgan fingerprint density at radius 3 is 2.36 bits per heavy atom. The molecular formula is C20H40N2. The summed E-state index contributed by atoms with van der Waals surface area (Å²) in [6.07, 6.45) is 10.9. The SMILES string of the molecule is C=C(CC)N(C)CC1CCN(CCCCCCC(C)C)CC1. The highest BCUT2D eigenvalue weighted by atomic mass is 15.1. The van der Waals surface area contributed by atoms with Gasteiger partial charge in [0.1, 0.15) is 0 Å². The van der Waals surface area contributed by atoms with Crippen molar-refractivity contribution in [3.8, 4) is 0 Å². The van der Waals surface area contributed by atoms with Crippen LogP contribution >= 0.6 is 0 Å². The van der Waals surface area contributed by atoms with Crippen molar-refractivity contribution < 1.29 is 0 Å². The predicted molar refractivity (Wildman–Crippen MR) is 99.1 cm³/mol. The Morgan fingerprint density at radius 2 is 1.77 bits per heavy atom. The molecule has 0 unspecified atom stereocenters. The molecule has 0 aromatic rings. The molecule has 0 bridgehead atoms. The minimum absolute atomic E-state index is 0.871. The van der Waals surface area contributed by atoms with E-state index >= 15 is 0 Å². The van der Waals surface area contributed by atoms with Gasteiger partial charge in [-0.25, -0.2) is 0 Å². The third-order valence-corrected chi connectivity index (χ3v) is 5.19. The topological polar surface area (TPSA) is 6.48 Å². The van der Waals surface area contributed by atoms with Gasteiger partial charge in [0.2, 0.25) is 0 Å². The Hall–Kier alpha value is -0.500. The second-order valence-corrected chi connectivity index (χ2v) is 7.68. The molecule has 0 atom stereocenters. The summed E-state index contributed by atoms with van der Waals surface area (Å²) in [5.41, 5.74) is 1.28. The Morgan fingerprint density at radius 1 is 1.14 bits per heavy atom. The number of hydrogen-bond donors (Lipinski definition) is 0. The van der Waals surface area contributed by atoms with Crippen LogP contribution in [-0.4, -0.2) is 43.0 Å². The van der Waals surface area contributed by atoms with Crippen LogP contribution in [0, 0.1) is 11.8 Å². The predicted octanol–water partition coefficient (Wildman–Crippen LogP) is 5.16. The van der Waals surface area contributed by atoms with E-state index in [2.05, 4.69) is 44.2 Å². The summed E-state index contributed by atoms with van der Waals surface area (Å²) >= 11 is 0. The summed E-state index contributed by atoms with van der Waals surface area (Å²) in [6, 6.07) is 0. The van der Waals surface area contributed by atoms with E-state index in [1.807, 2.05) is 0 Å². The lowest BCUT2D eigenvalue weighted by molar-refractivity contribution is 0.161. The van der Waals surface area contributed by atoms with Crippen molar-refractivity contribution in [3.05, 3.63) is 12.3 Å². The van der Waals surface area contributed by atoms with Gasteiger partial charge in [0.05, 0.1) is 0 Å². The Balaban J connectivity index is 2.04. The molecule has 1 aliphatic rings.